The van der Waals surface area contributed by atoms with Crippen LogP contribution in [-0.2, 0) is 11.2 Å². The van der Waals surface area contributed by atoms with E-state index in [2.05, 4.69) is 24.3 Å². The number of amides is 1. The van der Waals surface area contributed by atoms with E-state index >= 15 is 0 Å². The summed E-state index contributed by atoms with van der Waals surface area (Å²) in [5, 5.41) is 1.95. The fraction of sp³-hybridized carbons (Fsp3) is 0.353. The molecule has 4 heteroatoms. The number of morpholine rings is 1. The number of nitrogens with zero attached hydrogens (tertiary/aromatic N) is 1. The van der Waals surface area contributed by atoms with E-state index in [0.29, 0.717) is 19.7 Å². The molecule has 0 saturated carbocycles. The normalized spacial score (nSPS) is 18.7. The van der Waals surface area contributed by atoms with Crippen molar-refractivity contribution in [1.29, 1.82) is 0 Å². The Hall–Kier alpha value is -1.65. The zero-order chi connectivity index (χ0) is 14.5. The third-order valence-corrected chi connectivity index (χ3v) is 4.61. The van der Waals surface area contributed by atoms with E-state index in [9.17, 15) is 4.79 Å². The van der Waals surface area contributed by atoms with E-state index in [-0.39, 0.29) is 12.0 Å². The summed E-state index contributed by atoms with van der Waals surface area (Å²) in [5.41, 5.74) is 1.32. The molecule has 1 aromatic carbocycles. The van der Waals surface area contributed by atoms with Gasteiger partial charge in [0.15, 0.2) is 0 Å². The average molecular weight is 301 g/mol. The van der Waals surface area contributed by atoms with E-state index in [4.69, 9.17) is 4.74 Å². The van der Waals surface area contributed by atoms with Crippen molar-refractivity contribution in [2.24, 2.45) is 0 Å². The highest BCUT2D eigenvalue weighted by molar-refractivity contribution is 7.12. The van der Waals surface area contributed by atoms with Gasteiger partial charge in [-0.25, -0.2) is 0 Å². The van der Waals surface area contributed by atoms with Crippen LogP contribution in [0.5, 0.6) is 0 Å². The van der Waals surface area contributed by atoms with Gasteiger partial charge in [-0.15, -0.1) is 11.3 Å². The molecule has 0 aliphatic carbocycles. The number of rotatable bonds is 4. The van der Waals surface area contributed by atoms with Crippen LogP contribution in [0.2, 0.25) is 0 Å². The van der Waals surface area contributed by atoms with Gasteiger partial charge >= 0.3 is 0 Å². The molecule has 0 unspecified atom stereocenters. The molecule has 0 N–H and O–H groups in total. The zero-order valence-corrected chi connectivity index (χ0v) is 12.7. The van der Waals surface area contributed by atoms with Gasteiger partial charge in [-0.3, -0.25) is 4.79 Å². The van der Waals surface area contributed by atoms with Gasteiger partial charge in [0.1, 0.15) is 0 Å². The van der Waals surface area contributed by atoms with Gasteiger partial charge in [0.2, 0.25) is 0 Å². The van der Waals surface area contributed by atoms with Crippen LogP contribution < -0.4 is 0 Å². The zero-order valence-electron chi connectivity index (χ0n) is 11.9. The lowest BCUT2D eigenvalue weighted by Crippen LogP contribution is -2.45. The topological polar surface area (TPSA) is 29.5 Å². The number of thiophene rings is 1. The molecule has 21 heavy (non-hydrogen) atoms. The molecule has 3 nitrogen and oxygen atoms in total. The Bertz CT molecular complexity index is 568. The predicted molar refractivity (Wildman–Crippen MR) is 84.7 cm³/mol. The van der Waals surface area contributed by atoms with Crippen molar-refractivity contribution in [3.05, 3.63) is 58.3 Å². The lowest BCUT2D eigenvalue weighted by atomic mass is 10.1. The highest BCUT2D eigenvalue weighted by Crippen LogP contribution is 2.17. The van der Waals surface area contributed by atoms with Crippen molar-refractivity contribution in [3.63, 3.8) is 0 Å². The second-order valence-corrected chi connectivity index (χ2v) is 6.19. The van der Waals surface area contributed by atoms with Crippen LogP contribution in [0.3, 0.4) is 0 Å². The molecule has 1 fully saturated rings. The maximum atomic E-state index is 12.4. The van der Waals surface area contributed by atoms with Gasteiger partial charge in [-0.1, -0.05) is 36.4 Å². The largest absolute Gasteiger partial charge is 0.375 e. The minimum Gasteiger partial charge on any atom is -0.375 e. The van der Waals surface area contributed by atoms with Crippen molar-refractivity contribution in [2.75, 3.05) is 19.7 Å². The van der Waals surface area contributed by atoms with Crippen molar-refractivity contribution >= 4 is 17.2 Å². The molecule has 2 heterocycles. The number of carbonyl (C=O) groups excluding carboxylic acids is 1. The molecule has 1 aliphatic heterocycles. The van der Waals surface area contributed by atoms with Crippen molar-refractivity contribution in [1.82, 2.24) is 4.90 Å². The van der Waals surface area contributed by atoms with Crippen LogP contribution in [0.1, 0.15) is 21.7 Å². The molecular formula is C17H19NO2S. The molecule has 2 aromatic rings. The molecule has 0 spiro atoms. The Labute approximate surface area is 129 Å². The van der Waals surface area contributed by atoms with Crippen LogP contribution in [0.4, 0.5) is 0 Å². The van der Waals surface area contributed by atoms with Gasteiger partial charge in [-0.2, -0.15) is 0 Å². The third kappa shape index (κ3) is 3.71. The molecule has 1 amide bonds. The van der Waals surface area contributed by atoms with E-state index < -0.39 is 0 Å². The van der Waals surface area contributed by atoms with Crippen molar-refractivity contribution in [3.8, 4) is 0 Å². The molecule has 1 aromatic heterocycles. The predicted octanol–water partition coefficient (Wildman–Crippen LogP) is 3.22. The molecular weight excluding hydrogens is 282 g/mol. The highest BCUT2D eigenvalue weighted by Gasteiger charge is 2.25. The Balaban J connectivity index is 1.55. The van der Waals surface area contributed by atoms with Gasteiger partial charge < -0.3 is 9.64 Å². The fourth-order valence-electron chi connectivity index (χ4n) is 2.61. The monoisotopic (exact) mass is 301 g/mol. The van der Waals surface area contributed by atoms with E-state index in [1.165, 1.54) is 16.9 Å². The Morgan fingerprint density at radius 2 is 2.10 bits per heavy atom. The van der Waals surface area contributed by atoms with Crippen molar-refractivity contribution in [2.45, 2.75) is 18.9 Å². The second kappa shape index (κ2) is 6.87. The molecule has 0 radical (unpaired) electrons. The van der Waals surface area contributed by atoms with Gasteiger partial charge in [0, 0.05) is 13.1 Å². The van der Waals surface area contributed by atoms with Gasteiger partial charge in [0.05, 0.1) is 17.6 Å². The fourth-order valence-corrected chi connectivity index (χ4v) is 3.30. The van der Waals surface area contributed by atoms with E-state index in [1.54, 1.807) is 0 Å². The lowest BCUT2D eigenvalue weighted by molar-refractivity contribution is -0.0244. The summed E-state index contributed by atoms with van der Waals surface area (Å²) in [6.07, 6.45) is 2.09. The summed E-state index contributed by atoms with van der Waals surface area (Å²) >= 11 is 1.50. The van der Waals surface area contributed by atoms with Crippen LogP contribution in [0.15, 0.2) is 47.8 Å². The van der Waals surface area contributed by atoms with Gasteiger partial charge in [0.25, 0.3) is 5.91 Å². The van der Waals surface area contributed by atoms with Crippen LogP contribution >= 0.6 is 11.3 Å². The molecule has 3 rings (SSSR count). The number of hydrogen-bond acceptors (Lipinski definition) is 3. The summed E-state index contributed by atoms with van der Waals surface area (Å²) < 4.78 is 5.81. The smallest absolute Gasteiger partial charge is 0.264 e. The minimum absolute atomic E-state index is 0.137. The summed E-state index contributed by atoms with van der Waals surface area (Å²) in [7, 11) is 0. The Morgan fingerprint density at radius 3 is 2.86 bits per heavy atom. The molecule has 1 atom stereocenters. The molecule has 0 bridgehead atoms. The first-order chi connectivity index (χ1) is 10.3. The molecule has 1 aliphatic rings. The van der Waals surface area contributed by atoms with Crippen LogP contribution in [-0.4, -0.2) is 36.6 Å². The number of hydrogen-bond donors (Lipinski definition) is 0. The SMILES string of the molecule is O=C(c1cccs1)N1CCO[C@@H](CCc2ccccc2)C1. The van der Waals surface area contributed by atoms with Crippen LogP contribution in [0, 0.1) is 0 Å². The van der Waals surface area contributed by atoms with Crippen molar-refractivity contribution < 1.29 is 9.53 Å². The number of aryl methyl sites for hydroxylation is 1. The maximum Gasteiger partial charge on any atom is 0.264 e. The third-order valence-electron chi connectivity index (χ3n) is 3.76. The standard InChI is InChI=1S/C17H19NO2S/c19-17(16-7-4-12-21-16)18-10-11-20-15(13-18)9-8-14-5-2-1-3-6-14/h1-7,12,15H,8-11,13H2/t15-/m0/s1. The quantitative estimate of drug-likeness (QED) is 0.868. The summed E-state index contributed by atoms with van der Waals surface area (Å²) in [6.45, 7) is 2.03. The number of ether oxygens (including phenoxy) is 1. The summed E-state index contributed by atoms with van der Waals surface area (Å²) in [4.78, 5) is 15.1. The first kappa shape index (κ1) is 14.3. The average Bonchev–Trinajstić information content (AvgIpc) is 3.08. The second-order valence-electron chi connectivity index (χ2n) is 5.25. The van der Waals surface area contributed by atoms with Gasteiger partial charge in [-0.05, 0) is 29.9 Å². The minimum atomic E-state index is 0.137. The Morgan fingerprint density at radius 1 is 1.24 bits per heavy atom. The summed E-state index contributed by atoms with van der Waals surface area (Å²) in [5.74, 6) is 0.137. The number of carbonyl (C=O) groups is 1. The van der Waals surface area contributed by atoms with E-state index in [0.717, 1.165) is 17.7 Å². The highest BCUT2D eigenvalue weighted by atomic mass is 32.1. The van der Waals surface area contributed by atoms with E-state index in [1.807, 2.05) is 28.5 Å². The molecule has 1 saturated heterocycles. The summed E-state index contributed by atoms with van der Waals surface area (Å²) in [6, 6.07) is 14.2. The van der Waals surface area contributed by atoms with Crippen LogP contribution in [0.25, 0.3) is 0 Å². The number of benzene rings is 1. The first-order valence-electron chi connectivity index (χ1n) is 7.31. The first-order valence-corrected chi connectivity index (χ1v) is 8.19. The Kier molecular flexibility index (Phi) is 4.68. The maximum absolute atomic E-state index is 12.4. The molecule has 110 valence electrons. The lowest BCUT2D eigenvalue weighted by Gasteiger charge is -2.32.